The molecule has 1 aliphatic heterocycles. The van der Waals surface area contributed by atoms with E-state index in [9.17, 15) is 15.4 Å². The van der Waals surface area contributed by atoms with Gasteiger partial charge in [0.15, 0.2) is 22.9 Å². The average molecular weight is 297 g/mol. The molecule has 0 amide bonds. The van der Waals surface area contributed by atoms with Crippen molar-refractivity contribution in [1.29, 1.82) is 0 Å². The molecule has 0 aromatic carbocycles. The van der Waals surface area contributed by atoms with Crippen LogP contribution in [0.25, 0.3) is 11.2 Å². The van der Waals surface area contributed by atoms with Gasteiger partial charge in [-0.1, -0.05) is 0 Å². The fourth-order valence-corrected chi connectivity index (χ4v) is 2.42. The molecule has 1 saturated heterocycles. The third-order valence-electron chi connectivity index (χ3n) is 3.49. The van der Waals surface area contributed by atoms with Gasteiger partial charge in [0.05, 0.1) is 12.9 Å². The summed E-state index contributed by atoms with van der Waals surface area (Å²) in [5.74, 6) is 0. The third kappa shape index (κ3) is 2.00. The predicted octanol–water partition coefficient (Wildman–Crippen LogP) is -2.39. The van der Waals surface area contributed by atoms with Crippen LogP contribution in [-0.2, 0) is 4.74 Å². The minimum absolute atomic E-state index is 0.200. The maximum Gasteiger partial charge on any atom is 0.194 e. The highest BCUT2D eigenvalue weighted by atomic mass is 16.6. The molecule has 0 radical (unpaired) electrons. The van der Waals surface area contributed by atoms with Crippen molar-refractivity contribution < 1.29 is 25.3 Å². The van der Waals surface area contributed by atoms with E-state index in [2.05, 4.69) is 15.0 Å². The summed E-state index contributed by atoms with van der Waals surface area (Å²) in [6.45, 7) is -0.416. The second kappa shape index (κ2) is 5.07. The van der Waals surface area contributed by atoms with E-state index in [0.29, 0.717) is 11.2 Å². The van der Waals surface area contributed by atoms with Crippen molar-refractivity contribution in [3.05, 3.63) is 18.1 Å². The molecule has 3 rings (SSSR count). The average Bonchev–Trinajstić information content (AvgIpc) is 3.02. The largest absolute Gasteiger partial charge is 0.425 e. The van der Waals surface area contributed by atoms with Gasteiger partial charge < -0.3 is 25.3 Å². The first-order valence-corrected chi connectivity index (χ1v) is 6.27. The molecule has 0 spiro atoms. The summed E-state index contributed by atoms with van der Waals surface area (Å²) in [6.07, 6.45) is -1.75. The van der Waals surface area contributed by atoms with Crippen LogP contribution in [0.4, 0.5) is 0 Å². The highest BCUT2D eigenvalue weighted by molar-refractivity contribution is 5.68. The van der Waals surface area contributed by atoms with Gasteiger partial charge in [0.25, 0.3) is 0 Å². The van der Waals surface area contributed by atoms with Gasteiger partial charge in [0.1, 0.15) is 24.6 Å². The van der Waals surface area contributed by atoms with Gasteiger partial charge in [-0.05, 0) is 0 Å². The zero-order valence-electron chi connectivity index (χ0n) is 11.1. The van der Waals surface area contributed by atoms with Crippen LogP contribution < -0.4 is 5.49 Å². The topological polar surface area (TPSA) is 138 Å². The Morgan fingerprint density at radius 1 is 1.29 bits per heavy atom. The maximum absolute atomic E-state index is 10.0. The van der Waals surface area contributed by atoms with Crippen molar-refractivity contribution in [1.82, 2.24) is 19.3 Å². The Bertz CT molecular complexity index is 725. The first kappa shape index (κ1) is 13.9. The number of aromatic nitrogens is 4. The Kier molecular flexibility index (Phi) is 3.37. The summed E-state index contributed by atoms with van der Waals surface area (Å²) in [4.78, 5) is 12.0. The second-order valence-corrected chi connectivity index (χ2v) is 4.69. The Morgan fingerprint density at radius 2 is 2.05 bits per heavy atom. The summed E-state index contributed by atoms with van der Waals surface area (Å²) in [7, 11) is 1.49. The van der Waals surface area contributed by atoms with E-state index >= 15 is 0 Å². The van der Waals surface area contributed by atoms with E-state index in [1.54, 1.807) is 0 Å². The number of nitrogens with zero attached hydrogens (tertiary/aromatic N) is 5. The minimum atomic E-state index is -1.23. The molecule has 0 bridgehead atoms. The van der Waals surface area contributed by atoms with Gasteiger partial charge in [-0.2, -0.15) is 4.73 Å². The number of aliphatic hydroxyl groups excluding tert-OH is 3. The number of aliphatic hydroxyl groups is 3. The Balaban J connectivity index is 2.11. The lowest BCUT2D eigenvalue weighted by atomic mass is 10.1. The standard InChI is InChI=1S/C11H15N5O5/c1-12-9-6-10(14-4-16(9)20)15(3-13-6)11-8(19)7(18)5(2-17)21-11/h3-5,7-8,11,17-20H,2H2,1H3. The molecular weight excluding hydrogens is 282 g/mol. The van der Waals surface area contributed by atoms with Gasteiger partial charge in [-0.15, -0.1) is 0 Å². The minimum Gasteiger partial charge on any atom is -0.425 e. The van der Waals surface area contributed by atoms with Crippen LogP contribution in [0.3, 0.4) is 0 Å². The number of hydrogen-bond donors (Lipinski definition) is 4. The highest BCUT2D eigenvalue weighted by Gasteiger charge is 2.43. The summed E-state index contributed by atoms with van der Waals surface area (Å²) < 4.78 is 7.58. The smallest absolute Gasteiger partial charge is 0.194 e. The zero-order chi connectivity index (χ0) is 15.1. The Morgan fingerprint density at radius 3 is 2.67 bits per heavy atom. The van der Waals surface area contributed by atoms with E-state index in [1.165, 1.54) is 17.9 Å². The first-order valence-electron chi connectivity index (χ1n) is 6.27. The molecule has 4 N–H and O–H groups in total. The lowest BCUT2D eigenvalue weighted by Gasteiger charge is -2.16. The third-order valence-corrected chi connectivity index (χ3v) is 3.49. The van der Waals surface area contributed by atoms with Gasteiger partial charge in [-0.25, -0.2) is 9.97 Å². The molecule has 3 heterocycles. The quantitative estimate of drug-likeness (QED) is 0.454. The number of ether oxygens (including phenoxy) is 1. The fourth-order valence-electron chi connectivity index (χ4n) is 2.42. The van der Waals surface area contributed by atoms with Gasteiger partial charge in [0.2, 0.25) is 0 Å². The molecule has 4 atom stereocenters. The van der Waals surface area contributed by atoms with Crippen LogP contribution in [0.1, 0.15) is 6.23 Å². The summed E-state index contributed by atoms with van der Waals surface area (Å²) in [6, 6.07) is 0. The van der Waals surface area contributed by atoms with Gasteiger partial charge in [0, 0.05) is 7.05 Å². The van der Waals surface area contributed by atoms with Gasteiger partial charge >= 0.3 is 0 Å². The normalized spacial score (nSPS) is 30.4. The molecule has 0 aliphatic carbocycles. The number of hydrogen-bond acceptors (Lipinski definition) is 8. The number of fused-ring (bicyclic) bond motifs is 1. The van der Waals surface area contributed by atoms with Crippen LogP contribution in [0.15, 0.2) is 17.6 Å². The maximum atomic E-state index is 10.0. The van der Waals surface area contributed by atoms with E-state index in [4.69, 9.17) is 9.84 Å². The van der Waals surface area contributed by atoms with Crippen LogP contribution in [0, 0.1) is 0 Å². The van der Waals surface area contributed by atoms with E-state index < -0.39 is 31.1 Å². The Hall–Kier alpha value is -2.01. The molecule has 2 aromatic heterocycles. The zero-order valence-corrected chi connectivity index (χ0v) is 11.1. The van der Waals surface area contributed by atoms with E-state index in [-0.39, 0.29) is 5.49 Å². The molecule has 10 heteroatoms. The van der Waals surface area contributed by atoms with E-state index in [0.717, 1.165) is 11.1 Å². The summed E-state index contributed by atoms with van der Waals surface area (Å²) in [5.41, 5.74) is 0.849. The highest BCUT2D eigenvalue weighted by Crippen LogP contribution is 2.30. The van der Waals surface area contributed by atoms with Gasteiger partial charge in [-0.3, -0.25) is 9.56 Å². The van der Waals surface area contributed by atoms with Crippen molar-refractivity contribution in [2.24, 2.45) is 4.99 Å². The van der Waals surface area contributed by atoms with Crippen LogP contribution in [0.2, 0.25) is 0 Å². The molecular formula is C11H15N5O5. The summed E-state index contributed by atoms with van der Waals surface area (Å²) in [5, 5.41) is 38.6. The van der Waals surface area contributed by atoms with Crippen molar-refractivity contribution >= 4 is 11.2 Å². The predicted molar refractivity (Wildman–Crippen MR) is 67.2 cm³/mol. The lowest BCUT2D eigenvalue weighted by molar-refractivity contribution is -0.0511. The summed E-state index contributed by atoms with van der Waals surface area (Å²) >= 11 is 0. The molecule has 0 saturated carbocycles. The van der Waals surface area contributed by atoms with Crippen LogP contribution >= 0.6 is 0 Å². The molecule has 114 valence electrons. The number of imidazole rings is 1. The van der Waals surface area contributed by atoms with E-state index in [1.807, 2.05) is 0 Å². The lowest BCUT2D eigenvalue weighted by Crippen LogP contribution is -2.33. The molecule has 21 heavy (non-hydrogen) atoms. The molecule has 10 nitrogen and oxygen atoms in total. The second-order valence-electron chi connectivity index (χ2n) is 4.69. The first-order chi connectivity index (χ1) is 10.1. The fraction of sp³-hybridized carbons (Fsp3) is 0.545. The van der Waals surface area contributed by atoms with Crippen molar-refractivity contribution in [3.63, 3.8) is 0 Å². The van der Waals surface area contributed by atoms with Crippen molar-refractivity contribution in [2.45, 2.75) is 24.5 Å². The molecule has 1 aliphatic rings. The Labute approximate surface area is 118 Å². The van der Waals surface area contributed by atoms with Crippen LogP contribution in [-0.4, -0.2) is 71.8 Å². The van der Waals surface area contributed by atoms with Crippen LogP contribution in [0.5, 0.6) is 0 Å². The number of rotatable bonds is 2. The SMILES string of the molecule is CN=c1c2ncn(C3OC(CO)C(O)C3O)c2ncn1O. The molecule has 2 aromatic rings. The van der Waals surface area contributed by atoms with Crippen molar-refractivity contribution in [3.8, 4) is 0 Å². The molecule has 1 fully saturated rings. The molecule has 4 unspecified atom stereocenters. The van der Waals surface area contributed by atoms with Crippen molar-refractivity contribution in [2.75, 3.05) is 13.7 Å². The monoisotopic (exact) mass is 297 g/mol.